The van der Waals surface area contributed by atoms with Gasteiger partial charge in [0.25, 0.3) is 5.91 Å². The number of amides is 1. The second kappa shape index (κ2) is 8.16. The predicted molar refractivity (Wildman–Crippen MR) is 94.2 cm³/mol. The number of carbonyl (C=O) groups is 1. The van der Waals surface area contributed by atoms with Crippen LogP contribution in [0.4, 0.5) is 0 Å². The fraction of sp³-hybridized carbons (Fsp3) is 0.389. The van der Waals surface area contributed by atoms with Gasteiger partial charge in [-0.25, -0.2) is 4.98 Å². The predicted octanol–water partition coefficient (Wildman–Crippen LogP) is 3.07. The first kappa shape index (κ1) is 17.5. The highest BCUT2D eigenvalue weighted by Crippen LogP contribution is 2.26. The minimum absolute atomic E-state index is 0.0403. The zero-order valence-electron chi connectivity index (χ0n) is 14.0. The highest BCUT2D eigenvalue weighted by atomic mass is 35.5. The maximum Gasteiger partial charge on any atom is 0.259 e. The maximum absolute atomic E-state index is 12.7. The highest BCUT2D eigenvalue weighted by Gasteiger charge is 2.26. The zero-order valence-corrected chi connectivity index (χ0v) is 14.8. The number of aromatic nitrogens is 2. The smallest absolute Gasteiger partial charge is 0.259 e. The number of nitrogens with zero attached hydrogens (tertiary/aromatic N) is 3. The van der Waals surface area contributed by atoms with Crippen LogP contribution in [-0.2, 0) is 0 Å². The fourth-order valence-corrected chi connectivity index (χ4v) is 3.05. The van der Waals surface area contributed by atoms with Gasteiger partial charge >= 0.3 is 0 Å². The average Bonchev–Trinajstić information content (AvgIpc) is 2.67. The number of ether oxygens (including phenoxy) is 2. The molecule has 1 saturated heterocycles. The quantitative estimate of drug-likeness (QED) is 0.818. The van der Waals surface area contributed by atoms with E-state index in [-0.39, 0.29) is 5.91 Å². The van der Waals surface area contributed by atoms with E-state index in [4.69, 9.17) is 21.1 Å². The lowest BCUT2D eigenvalue weighted by atomic mass is 9.97. The third-order valence-corrected chi connectivity index (χ3v) is 4.59. The number of rotatable bonds is 5. The monoisotopic (exact) mass is 361 g/mol. The van der Waals surface area contributed by atoms with Crippen molar-refractivity contribution in [3.63, 3.8) is 0 Å². The highest BCUT2D eigenvalue weighted by molar-refractivity contribution is 6.31. The van der Waals surface area contributed by atoms with Gasteiger partial charge in [0, 0.05) is 37.7 Å². The van der Waals surface area contributed by atoms with Crippen molar-refractivity contribution >= 4 is 17.5 Å². The van der Waals surface area contributed by atoms with Crippen LogP contribution in [0.25, 0.3) is 0 Å². The van der Waals surface area contributed by atoms with Gasteiger partial charge in [0.2, 0.25) is 5.88 Å². The van der Waals surface area contributed by atoms with Crippen LogP contribution in [0.15, 0.2) is 36.8 Å². The van der Waals surface area contributed by atoms with E-state index in [0.717, 1.165) is 12.8 Å². The summed E-state index contributed by atoms with van der Waals surface area (Å²) in [5.41, 5.74) is 0.503. The second-order valence-corrected chi connectivity index (χ2v) is 6.32. The molecule has 0 unspecified atom stereocenters. The number of carbonyl (C=O) groups excluding carboxylic acids is 1. The van der Waals surface area contributed by atoms with Gasteiger partial charge in [0.1, 0.15) is 16.3 Å². The van der Waals surface area contributed by atoms with Gasteiger partial charge in [-0.15, -0.1) is 0 Å². The lowest BCUT2D eigenvalue weighted by Gasteiger charge is -2.32. The minimum atomic E-state index is -0.0403. The first-order valence-corrected chi connectivity index (χ1v) is 8.57. The van der Waals surface area contributed by atoms with Crippen LogP contribution in [0.1, 0.15) is 23.2 Å². The summed E-state index contributed by atoms with van der Waals surface area (Å²) in [6.45, 7) is 1.96. The Kier molecular flexibility index (Phi) is 5.71. The number of likely N-dealkylation sites (tertiary alicyclic amines) is 1. The Morgan fingerprint density at radius 3 is 2.84 bits per heavy atom. The van der Waals surface area contributed by atoms with Crippen LogP contribution >= 0.6 is 11.6 Å². The van der Waals surface area contributed by atoms with Gasteiger partial charge in [-0.2, -0.15) is 0 Å². The molecule has 0 aromatic carbocycles. The molecule has 3 heterocycles. The Bertz CT molecular complexity index is 733. The molecule has 0 spiro atoms. The SMILES string of the molecule is COc1ncccc1C(=O)N1CCC(COc2ccncc2Cl)CC1. The maximum atomic E-state index is 12.7. The molecule has 1 aliphatic heterocycles. The van der Waals surface area contributed by atoms with E-state index in [1.807, 2.05) is 4.90 Å². The third kappa shape index (κ3) is 4.20. The zero-order chi connectivity index (χ0) is 17.6. The number of hydrogen-bond acceptors (Lipinski definition) is 5. The summed E-state index contributed by atoms with van der Waals surface area (Å²) in [6, 6.07) is 5.25. The molecule has 0 N–H and O–H groups in total. The average molecular weight is 362 g/mol. The summed E-state index contributed by atoms with van der Waals surface area (Å²) >= 11 is 6.04. The van der Waals surface area contributed by atoms with Gasteiger partial charge in [0.15, 0.2) is 0 Å². The van der Waals surface area contributed by atoms with Gasteiger partial charge in [-0.1, -0.05) is 11.6 Å². The van der Waals surface area contributed by atoms with Gasteiger partial charge in [0.05, 0.1) is 13.7 Å². The van der Waals surface area contributed by atoms with Crippen LogP contribution in [0.2, 0.25) is 5.02 Å². The first-order valence-electron chi connectivity index (χ1n) is 8.19. The number of methoxy groups -OCH3 is 1. The standard InChI is InChI=1S/C18H20ClN3O3/c1-24-17-14(3-2-7-21-17)18(23)22-9-5-13(6-10-22)12-25-16-4-8-20-11-15(16)19/h2-4,7-8,11,13H,5-6,9-10,12H2,1H3. The fourth-order valence-electron chi connectivity index (χ4n) is 2.88. The summed E-state index contributed by atoms with van der Waals surface area (Å²) in [6.07, 6.45) is 6.61. The van der Waals surface area contributed by atoms with E-state index >= 15 is 0 Å². The van der Waals surface area contributed by atoms with Crippen molar-refractivity contribution in [3.05, 3.63) is 47.4 Å². The van der Waals surface area contributed by atoms with Gasteiger partial charge in [-0.3, -0.25) is 9.78 Å². The molecule has 6 nitrogen and oxygen atoms in total. The Hall–Kier alpha value is -2.34. The molecule has 0 atom stereocenters. The molecule has 3 rings (SSSR count). The molecule has 2 aromatic heterocycles. The van der Waals surface area contributed by atoms with Crippen molar-refractivity contribution in [2.24, 2.45) is 5.92 Å². The normalized spacial score (nSPS) is 15.0. The number of pyridine rings is 2. The Morgan fingerprint density at radius 1 is 1.32 bits per heavy atom. The summed E-state index contributed by atoms with van der Waals surface area (Å²) in [7, 11) is 1.52. The van der Waals surface area contributed by atoms with Crippen molar-refractivity contribution < 1.29 is 14.3 Å². The molecular formula is C18H20ClN3O3. The lowest BCUT2D eigenvalue weighted by molar-refractivity contribution is 0.0657. The van der Waals surface area contributed by atoms with Crippen molar-refractivity contribution in [1.82, 2.24) is 14.9 Å². The van der Waals surface area contributed by atoms with E-state index < -0.39 is 0 Å². The molecule has 1 amide bonds. The second-order valence-electron chi connectivity index (χ2n) is 5.91. The van der Waals surface area contributed by atoms with Crippen LogP contribution in [0.5, 0.6) is 11.6 Å². The summed E-state index contributed by atoms with van der Waals surface area (Å²) in [5.74, 6) is 1.37. The van der Waals surface area contributed by atoms with Crippen molar-refractivity contribution in [1.29, 1.82) is 0 Å². The Balaban J connectivity index is 1.53. The van der Waals surface area contributed by atoms with Crippen molar-refractivity contribution in [3.8, 4) is 11.6 Å². The topological polar surface area (TPSA) is 64.5 Å². The Labute approximate surface area is 151 Å². The third-order valence-electron chi connectivity index (χ3n) is 4.31. The molecule has 0 saturated carbocycles. The van der Waals surface area contributed by atoms with Gasteiger partial charge < -0.3 is 14.4 Å². The summed E-state index contributed by atoms with van der Waals surface area (Å²) in [4.78, 5) is 22.5. The lowest BCUT2D eigenvalue weighted by Crippen LogP contribution is -2.39. The van der Waals surface area contributed by atoms with Crippen LogP contribution < -0.4 is 9.47 Å². The number of piperidine rings is 1. The number of hydrogen-bond donors (Lipinski definition) is 0. The Morgan fingerprint density at radius 2 is 2.12 bits per heavy atom. The van der Waals surface area contributed by atoms with E-state index in [1.165, 1.54) is 7.11 Å². The van der Waals surface area contributed by atoms with E-state index in [1.54, 1.807) is 36.8 Å². The molecule has 25 heavy (non-hydrogen) atoms. The molecule has 2 aromatic rings. The van der Waals surface area contributed by atoms with Crippen LogP contribution in [-0.4, -0.2) is 47.6 Å². The molecule has 0 bridgehead atoms. The molecular weight excluding hydrogens is 342 g/mol. The molecule has 0 radical (unpaired) electrons. The van der Waals surface area contributed by atoms with E-state index in [9.17, 15) is 4.79 Å². The van der Waals surface area contributed by atoms with E-state index in [0.29, 0.717) is 47.8 Å². The summed E-state index contributed by atoms with van der Waals surface area (Å²) in [5, 5.41) is 0.513. The minimum Gasteiger partial charge on any atom is -0.492 e. The number of halogens is 1. The van der Waals surface area contributed by atoms with E-state index in [2.05, 4.69) is 9.97 Å². The summed E-state index contributed by atoms with van der Waals surface area (Å²) < 4.78 is 11.0. The molecule has 0 aliphatic carbocycles. The van der Waals surface area contributed by atoms with Crippen LogP contribution in [0.3, 0.4) is 0 Å². The van der Waals surface area contributed by atoms with Crippen molar-refractivity contribution in [2.75, 3.05) is 26.8 Å². The molecule has 1 aliphatic rings. The largest absolute Gasteiger partial charge is 0.492 e. The molecule has 7 heteroatoms. The van der Waals surface area contributed by atoms with Crippen LogP contribution in [0, 0.1) is 5.92 Å². The van der Waals surface area contributed by atoms with Crippen molar-refractivity contribution in [2.45, 2.75) is 12.8 Å². The first-order chi connectivity index (χ1) is 12.2. The van der Waals surface area contributed by atoms with Gasteiger partial charge in [-0.05, 0) is 30.9 Å². The molecule has 132 valence electrons. The molecule has 1 fully saturated rings.